The Morgan fingerprint density at radius 3 is 2.94 bits per heavy atom. The second-order valence-corrected chi connectivity index (χ2v) is 10.3. The van der Waals surface area contributed by atoms with Gasteiger partial charge in [-0.1, -0.05) is 29.8 Å². The van der Waals surface area contributed by atoms with E-state index < -0.39 is 0 Å². The van der Waals surface area contributed by atoms with Crippen LogP contribution in [-0.2, 0) is 29.9 Å². The molecular weight excluding hydrogens is 430 g/mol. The predicted molar refractivity (Wildman–Crippen MR) is 124 cm³/mol. The van der Waals surface area contributed by atoms with E-state index in [1.54, 1.807) is 11.3 Å². The van der Waals surface area contributed by atoms with Gasteiger partial charge in [0.25, 0.3) is 0 Å². The van der Waals surface area contributed by atoms with E-state index in [2.05, 4.69) is 45.6 Å². The number of hydrogen-bond acceptors (Lipinski definition) is 5. The maximum absolute atomic E-state index is 9.80. The summed E-state index contributed by atoms with van der Waals surface area (Å²) in [6.07, 6.45) is 6.60. The van der Waals surface area contributed by atoms with Crippen LogP contribution in [0.5, 0.6) is 0 Å². The molecule has 5 nitrogen and oxygen atoms in total. The molecule has 7 heteroatoms. The average Bonchev–Trinajstić information content (AvgIpc) is 3.33. The maximum Gasteiger partial charge on any atom is 0.110 e. The minimum atomic E-state index is -0.272. The van der Waals surface area contributed by atoms with E-state index in [0.29, 0.717) is 12.6 Å². The fourth-order valence-electron chi connectivity index (χ4n) is 5.23. The van der Waals surface area contributed by atoms with Crippen molar-refractivity contribution in [3.05, 3.63) is 68.4 Å². The van der Waals surface area contributed by atoms with Crippen LogP contribution in [0.4, 0.5) is 0 Å². The molecule has 0 unspecified atom stereocenters. The predicted octanol–water partition coefficient (Wildman–Crippen LogP) is 4.84. The molecular formula is C24H28ClN3O2S. The standard InChI is InChI=1S/C24H28ClN3O2S/c1-16-13-24(22-19(7-12-30-24)20(15-29)23(25)31-22)8-10-27(16)14-18-5-3-4-6-21(18)28-11-9-26-17(28)2/h3-6,9,11,16,29H,7-8,10,12-15H2,1-2H3/t16-,24+/m0/s1. The van der Waals surface area contributed by atoms with Gasteiger partial charge in [-0.15, -0.1) is 11.3 Å². The highest BCUT2D eigenvalue weighted by Gasteiger charge is 2.45. The SMILES string of the molecule is Cc1nccn1-c1ccccc1CN1CC[C@]2(C[C@@H]1C)OCCc1c2sc(Cl)c1CO. The highest BCUT2D eigenvalue weighted by Crippen LogP contribution is 2.50. The van der Waals surface area contributed by atoms with Crippen molar-refractivity contribution in [3.63, 3.8) is 0 Å². The Morgan fingerprint density at radius 1 is 1.35 bits per heavy atom. The normalized spacial score (nSPS) is 23.9. The summed E-state index contributed by atoms with van der Waals surface area (Å²) in [5, 5.41) is 9.80. The highest BCUT2D eigenvalue weighted by molar-refractivity contribution is 7.16. The summed E-state index contributed by atoms with van der Waals surface area (Å²) in [4.78, 5) is 8.19. The van der Waals surface area contributed by atoms with Crippen molar-refractivity contribution in [3.8, 4) is 5.69 Å². The minimum absolute atomic E-state index is 0.00682. The number of aliphatic hydroxyl groups is 1. The van der Waals surface area contributed by atoms with Gasteiger partial charge in [0.15, 0.2) is 0 Å². The number of rotatable bonds is 4. The van der Waals surface area contributed by atoms with E-state index in [-0.39, 0.29) is 12.2 Å². The number of aryl methyl sites for hydroxylation is 1. The monoisotopic (exact) mass is 457 g/mol. The maximum atomic E-state index is 9.80. The number of nitrogens with zero attached hydrogens (tertiary/aromatic N) is 3. The van der Waals surface area contributed by atoms with Gasteiger partial charge >= 0.3 is 0 Å². The second kappa shape index (κ2) is 8.34. The number of halogens is 1. The van der Waals surface area contributed by atoms with E-state index in [1.165, 1.54) is 21.7 Å². The fraction of sp³-hybridized carbons (Fsp3) is 0.458. The molecule has 1 aromatic carbocycles. The highest BCUT2D eigenvalue weighted by atomic mass is 35.5. The first-order valence-electron chi connectivity index (χ1n) is 10.9. The molecule has 0 bridgehead atoms. The van der Waals surface area contributed by atoms with E-state index in [9.17, 15) is 5.11 Å². The first-order chi connectivity index (χ1) is 15.0. The number of fused-ring (bicyclic) bond motifs is 2. The summed E-state index contributed by atoms with van der Waals surface area (Å²) in [6, 6.07) is 8.95. The summed E-state index contributed by atoms with van der Waals surface area (Å²) in [7, 11) is 0. The lowest BCUT2D eigenvalue weighted by atomic mass is 9.81. The third-order valence-electron chi connectivity index (χ3n) is 6.87. The molecule has 0 saturated carbocycles. The van der Waals surface area contributed by atoms with Crippen LogP contribution in [0.25, 0.3) is 5.69 Å². The number of para-hydroxylation sites is 1. The zero-order chi connectivity index (χ0) is 21.6. The Hall–Kier alpha value is -1.70. The van der Waals surface area contributed by atoms with Crippen LogP contribution in [0, 0.1) is 6.92 Å². The first kappa shape index (κ1) is 21.2. The lowest BCUT2D eigenvalue weighted by Gasteiger charge is -2.47. The molecule has 3 aromatic rings. The zero-order valence-corrected chi connectivity index (χ0v) is 19.5. The molecule has 1 N–H and O–H groups in total. The Labute approximate surface area is 192 Å². The number of aromatic nitrogens is 2. The number of thiophene rings is 1. The quantitative estimate of drug-likeness (QED) is 0.609. The van der Waals surface area contributed by atoms with Crippen molar-refractivity contribution in [2.45, 2.75) is 57.9 Å². The Bertz CT molecular complexity index is 1090. The van der Waals surface area contributed by atoms with Gasteiger partial charge in [0.2, 0.25) is 0 Å². The summed E-state index contributed by atoms with van der Waals surface area (Å²) < 4.78 is 9.32. The van der Waals surface area contributed by atoms with Crippen LogP contribution in [-0.4, -0.2) is 38.8 Å². The molecule has 2 aromatic heterocycles. The van der Waals surface area contributed by atoms with Crippen molar-refractivity contribution in [1.29, 1.82) is 0 Å². The van der Waals surface area contributed by atoms with Gasteiger partial charge in [-0.3, -0.25) is 4.90 Å². The molecule has 0 amide bonds. The summed E-state index contributed by atoms with van der Waals surface area (Å²) in [5.74, 6) is 0.996. The molecule has 2 atom stereocenters. The van der Waals surface area contributed by atoms with Crippen molar-refractivity contribution in [2.24, 2.45) is 0 Å². The number of aliphatic hydroxyl groups excluding tert-OH is 1. The molecule has 5 rings (SSSR count). The summed E-state index contributed by atoms with van der Waals surface area (Å²) >= 11 is 8.08. The van der Waals surface area contributed by atoms with E-state index in [0.717, 1.165) is 48.1 Å². The summed E-state index contributed by atoms with van der Waals surface area (Å²) in [6.45, 7) is 6.89. The topological polar surface area (TPSA) is 50.5 Å². The lowest BCUT2D eigenvalue weighted by Crippen LogP contribution is -2.50. The van der Waals surface area contributed by atoms with Gasteiger partial charge in [-0.25, -0.2) is 4.98 Å². The number of imidazole rings is 1. The third kappa shape index (κ3) is 3.64. The molecule has 1 fully saturated rings. The van der Waals surface area contributed by atoms with Crippen molar-refractivity contribution >= 4 is 22.9 Å². The molecule has 164 valence electrons. The zero-order valence-electron chi connectivity index (χ0n) is 18.0. The van der Waals surface area contributed by atoms with Gasteiger partial charge in [0.05, 0.1) is 23.2 Å². The first-order valence-corrected chi connectivity index (χ1v) is 12.1. The molecule has 0 aliphatic carbocycles. The second-order valence-electron chi connectivity index (χ2n) is 8.66. The van der Waals surface area contributed by atoms with Crippen LogP contribution in [0.15, 0.2) is 36.7 Å². The van der Waals surface area contributed by atoms with Crippen LogP contribution >= 0.6 is 22.9 Å². The third-order valence-corrected chi connectivity index (χ3v) is 8.58. The van der Waals surface area contributed by atoms with Crippen molar-refractivity contribution in [1.82, 2.24) is 14.5 Å². The molecule has 0 radical (unpaired) electrons. The largest absolute Gasteiger partial charge is 0.392 e. The van der Waals surface area contributed by atoms with Crippen LogP contribution in [0.3, 0.4) is 0 Å². The Balaban J connectivity index is 1.39. The van der Waals surface area contributed by atoms with Gasteiger partial charge in [-0.2, -0.15) is 0 Å². The number of likely N-dealkylation sites (tertiary alicyclic amines) is 1. The number of benzene rings is 1. The number of piperidine rings is 1. The van der Waals surface area contributed by atoms with Crippen molar-refractivity contribution < 1.29 is 9.84 Å². The van der Waals surface area contributed by atoms with E-state index in [1.807, 2.05) is 19.3 Å². The number of hydrogen-bond donors (Lipinski definition) is 1. The van der Waals surface area contributed by atoms with Crippen LogP contribution in [0.2, 0.25) is 4.34 Å². The van der Waals surface area contributed by atoms with Crippen LogP contribution < -0.4 is 0 Å². The average molecular weight is 458 g/mol. The molecule has 4 heterocycles. The van der Waals surface area contributed by atoms with Crippen molar-refractivity contribution in [2.75, 3.05) is 13.2 Å². The van der Waals surface area contributed by atoms with E-state index in [4.69, 9.17) is 16.3 Å². The smallest absolute Gasteiger partial charge is 0.110 e. The number of ether oxygens (including phenoxy) is 1. The van der Waals surface area contributed by atoms with Gasteiger partial charge < -0.3 is 14.4 Å². The Morgan fingerprint density at radius 2 is 2.19 bits per heavy atom. The Kier molecular flexibility index (Phi) is 5.69. The minimum Gasteiger partial charge on any atom is -0.392 e. The molecule has 2 aliphatic rings. The lowest BCUT2D eigenvalue weighted by molar-refractivity contribution is -0.110. The van der Waals surface area contributed by atoms with Gasteiger partial charge in [0.1, 0.15) is 11.4 Å². The molecule has 1 saturated heterocycles. The van der Waals surface area contributed by atoms with Gasteiger partial charge in [-0.05, 0) is 50.3 Å². The van der Waals surface area contributed by atoms with Gasteiger partial charge in [0, 0.05) is 42.0 Å². The molecule has 1 spiro atoms. The summed E-state index contributed by atoms with van der Waals surface area (Å²) in [5.41, 5.74) is 4.36. The molecule has 31 heavy (non-hydrogen) atoms. The van der Waals surface area contributed by atoms with Crippen LogP contribution in [0.1, 0.15) is 47.2 Å². The van der Waals surface area contributed by atoms with E-state index >= 15 is 0 Å². The fourth-order valence-corrected chi connectivity index (χ4v) is 6.90. The molecule has 2 aliphatic heterocycles.